The highest BCUT2D eigenvalue weighted by molar-refractivity contribution is 9.10. The van der Waals surface area contributed by atoms with Gasteiger partial charge in [0.25, 0.3) is 5.92 Å². The van der Waals surface area contributed by atoms with Gasteiger partial charge in [-0.2, -0.15) is 8.78 Å². The lowest BCUT2D eigenvalue weighted by Gasteiger charge is -2.14. The van der Waals surface area contributed by atoms with Crippen molar-refractivity contribution >= 4 is 15.9 Å². The maximum atomic E-state index is 13.0. The number of hydrogen-bond acceptors (Lipinski definition) is 1. The molecule has 0 amide bonds. The molecule has 4 heteroatoms. The average Bonchev–Trinajstić information content (AvgIpc) is 2.17. The van der Waals surface area contributed by atoms with E-state index < -0.39 is 12.5 Å². The molecular weight excluding hydrogens is 254 g/mol. The third kappa shape index (κ3) is 2.30. The van der Waals surface area contributed by atoms with Crippen LogP contribution >= 0.6 is 15.9 Å². The second kappa shape index (κ2) is 4.36. The van der Waals surface area contributed by atoms with Gasteiger partial charge < -0.3 is 5.11 Å². The molecule has 1 N–H and O–H groups in total. The molecule has 0 heterocycles. The highest BCUT2D eigenvalue weighted by Crippen LogP contribution is 2.30. The zero-order valence-corrected chi connectivity index (χ0v) is 9.31. The quantitative estimate of drug-likeness (QED) is 0.890. The van der Waals surface area contributed by atoms with E-state index in [9.17, 15) is 8.78 Å². The molecule has 0 atom stereocenters. The van der Waals surface area contributed by atoms with Crippen molar-refractivity contribution in [2.75, 3.05) is 6.61 Å². The molecule has 1 aromatic rings. The Morgan fingerprint density at radius 1 is 1.43 bits per heavy atom. The number of hydrogen-bond donors (Lipinski definition) is 1. The van der Waals surface area contributed by atoms with E-state index in [4.69, 9.17) is 5.11 Å². The van der Waals surface area contributed by atoms with Crippen LogP contribution < -0.4 is 0 Å². The van der Waals surface area contributed by atoms with Gasteiger partial charge in [-0.3, -0.25) is 0 Å². The monoisotopic (exact) mass is 264 g/mol. The molecular formula is C10H11BrF2O. The smallest absolute Gasteiger partial charge is 0.295 e. The van der Waals surface area contributed by atoms with Gasteiger partial charge in [-0.25, -0.2) is 0 Å². The van der Waals surface area contributed by atoms with Crippen LogP contribution in [-0.4, -0.2) is 11.7 Å². The fourth-order valence-electron chi connectivity index (χ4n) is 1.15. The Morgan fingerprint density at radius 2 is 2.07 bits per heavy atom. The Bertz CT molecular complexity index is 326. The number of rotatable bonds is 3. The molecule has 0 saturated carbocycles. The number of aliphatic hydroxyl groups excluding tert-OH is 1. The molecule has 0 aliphatic carbocycles. The Balaban J connectivity index is 3.08. The Labute approximate surface area is 89.9 Å². The van der Waals surface area contributed by atoms with E-state index in [-0.39, 0.29) is 5.56 Å². The van der Waals surface area contributed by atoms with Gasteiger partial charge in [-0.1, -0.05) is 35.0 Å². The number of aryl methyl sites for hydroxylation is 1. The average molecular weight is 265 g/mol. The van der Waals surface area contributed by atoms with Gasteiger partial charge in [0.2, 0.25) is 0 Å². The summed E-state index contributed by atoms with van der Waals surface area (Å²) in [4.78, 5) is 0. The van der Waals surface area contributed by atoms with Gasteiger partial charge in [-0.05, 0) is 18.1 Å². The van der Waals surface area contributed by atoms with Crippen LogP contribution in [0, 0.1) is 0 Å². The highest BCUT2D eigenvalue weighted by atomic mass is 79.9. The van der Waals surface area contributed by atoms with Crippen molar-refractivity contribution in [1.29, 1.82) is 0 Å². The van der Waals surface area contributed by atoms with Crippen molar-refractivity contribution in [2.45, 2.75) is 19.3 Å². The summed E-state index contributed by atoms with van der Waals surface area (Å²) in [6.07, 6.45) is 0.783. The summed E-state index contributed by atoms with van der Waals surface area (Å²) in [5.41, 5.74) is 0.812. The summed E-state index contributed by atoms with van der Waals surface area (Å²) < 4.78 is 26.7. The van der Waals surface area contributed by atoms with Gasteiger partial charge in [0.05, 0.1) is 0 Å². The SMILES string of the molecule is CCc1ccc(C(F)(F)CO)cc1Br. The zero-order valence-electron chi connectivity index (χ0n) is 7.73. The predicted molar refractivity (Wildman–Crippen MR) is 54.5 cm³/mol. The summed E-state index contributed by atoms with van der Waals surface area (Å²) in [7, 11) is 0. The number of halogens is 3. The normalized spacial score (nSPS) is 11.8. The van der Waals surface area contributed by atoms with Crippen molar-refractivity contribution in [2.24, 2.45) is 0 Å². The summed E-state index contributed by atoms with van der Waals surface area (Å²) >= 11 is 3.21. The summed E-state index contributed by atoms with van der Waals surface area (Å²) in [6, 6.07) is 4.35. The van der Waals surface area contributed by atoms with Crippen LogP contribution in [0.4, 0.5) is 8.78 Å². The van der Waals surface area contributed by atoms with E-state index in [2.05, 4.69) is 15.9 Å². The number of alkyl halides is 2. The Kier molecular flexibility index (Phi) is 3.61. The summed E-state index contributed by atoms with van der Waals surface area (Å²) in [6.45, 7) is 0.787. The molecule has 1 aromatic carbocycles. The van der Waals surface area contributed by atoms with Gasteiger partial charge in [-0.15, -0.1) is 0 Å². The third-order valence-electron chi connectivity index (χ3n) is 2.05. The van der Waals surface area contributed by atoms with Crippen molar-refractivity contribution in [3.63, 3.8) is 0 Å². The molecule has 1 rings (SSSR count). The van der Waals surface area contributed by atoms with Crippen LogP contribution in [0.25, 0.3) is 0 Å². The molecule has 78 valence electrons. The highest BCUT2D eigenvalue weighted by Gasteiger charge is 2.30. The van der Waals surface area contributed by atoms with Crippen LogP contribution in [-0.2, 0) is 12.3 Å². The molecule has 0 saturated heterocycles. The molecule has 0 aliphatic heterocycles. The molecule has 0 fully saturated rings. The van der Waals surface area contributed by atoms with E-state index in [0.717, 1.165) is 12.0 Å². The van der Waals surface area contributed by atoms with E-state index in [1.54, 1.807) is 6.07 Å². The molecule has 0 unspecified atom stereocenters. The van der Waals surface area contributed by atoms with E-state index in [0.29, 0.717) is 4.47 Å². The minimum absolute atomic E-state index is 0.163. The fourth-order valence-corrected chi connectivity index (χ4v) is 1.81. The standard InChI is InChI=1S/C10H11BrF2O/c1-2-7-3-4-8(5-9(7)11)10(12,13)6-14/h3-5,14H,2,6H2,1H3. The lowest BCUT2D eigenvalue weighted by Crippen LogP contribution is -2.18. The van der Waals surface area contributed by atoms with Crippen LogP contribution in [0.3, 0.4) is 0 Å². The first kappa shape index (κ1) is 11.6. The van der Waals surface area contributed by atoms with Crippen LogP contribution in [0.1, 0.15) is 18.1 Å². The van der Waals surface area contributed by atoms with Crippen molar-refractivity contribution < 1.29 is 13.9 Å². The minimum Gasteiger partial charge on any atom is -0.390 e. The first-order chi connectivity index (χ1) is 6.51. The number of benzene rings is 1. The largest absolute Gasteiger partial charge is 0.390 e. The second-order valence-electron chi connectivity index (χ2n) is 3.02. The van der Waals surface area contributed by atoms with Gasteiger partial charge in [0.15, 0.2) is 0 Å². The van der Waals surface area contributed by atoms with Gasteiger partial charge in [0.1, 0.15) is 6.61 Å². The van der Waals surface area contributed by atoms with Crippen LogP contribution in [0.15, 0.2) is 22.7 Å². The topological polar surface area (TPSA) is 20.2 Å². The van der Waals surface area contributed by atoms with Gasteiger partial charge >= 0.3 is 0 Å². The van der Waals surface area contributed by atoms with E-state index >= 15 is 0 Å². The molecule has 0 aliphatic rings. The lowest BCUT2D eigenvalue weighted by atomic mass is 10.1. The minimum atomic E-state index is -3.16. The Hall–Kier alpha value is -0.480. The molecule has 1 nitrogen and oxygen atoms in total. The molecule has 0 spiro atoms. The zero-order chi connectivity index (χ0) is 10.8. The maximum Gasteiger partial charge on any atom is 0.295 e. The first-order valence-corrected chi connectivity index (χ1v) is 5.08. The fraction of sp³-hybridized carbons (Fsp3) is 0.400. The van der Waals surface area contributed by atoms with E-state index in [1.807, 2.05) is 6.92 Å². The lowest BCUT2D eigenvalue weighted by molar-refractivity contribution is -0.0556. The van der Waals surface area contributed by atoms with E-state index in [1.165, 1.54) is 12.1 Å². The molecule has 0 bridgehead atoms. The molecule has 0 radical (unpaired) electrons. The van der Waals surface area contributed by atoms with Crippen molar-refractivity contribution in [3.8, 4) is 0 Å². The first-order valence-electron chi connectivity index (χ1n) is 4.29. The maximum absolute atomic E-state index is 13.0. The predicted octanol–water partition coefficient (Wildman–Crippen LogP) is 3.10. The van der Waals surface area contributed by atoms with Crippen molar-refractivity contribution in [3.05, 3.63) is 33.8 Å². The third-order valence-corrected chi connectivity index (χ3v) is 2.79. The molecule has 14 heavy (non-hydrogen) atoms. The Morgan fingerprint density at radius 3 is 2.50 bits per heavy atom. The summed E-state index contributed by atoms with van der Waals surface area (Å²) in [5, 5.41) is 8.50. The summed E-state index contributed by atoms with van der Waals surface area (Å²) in [5.74, 6) is -3.16. The van der Waals surface area contributed by atoms with Crippen LogP contribution in [0.2, 0.25) is 0 Å². The van der Waals surface area contributed by atoms with Gasteiger partial charge in [0, 0.05) is 10.0 Å². The number of aliphatic hydroxyl groups is 1. The van der Waals surface area contributed by atoms with Crippen LogP contribution in [0.5, 0.6) is 0 Å². The second-order valence-corrected chi connectivity index (χ2v) is 3.88. The molecule has 0 aromatic heterocycles. The van der Waals surface area contributed by atoms with Crippen molar-refractivity contribution in [1.82, 2.24) is 0 Å².